The molecule has 1 aliphatic rings. The van der Waals surface area contributed by atoms with E-state index in [9.17, 15) is 0 Å². The van der Waals surface area contributed by atoms with Gasteiger partial charge in [0.2, 0.25) is 0 Å². The number of pyridine rings is 1. The smallest absolute Gasteiger partial charge is 0.0755 e. The molecule has 3 N–H and O–H groups in total. The number of hydrazine groups is 1. The summed E-state index contributed by atoms with van der Waals surface area (Å²) >= 11 is 0. The second-order valence-corrected chi connectivity index (χ2v) is 5.44. The molecule has 20 heavy (non-hydrogen) atoms. The fourth-order valence-electron chi connectivity index (χ4n) is 2.78. The third-order valence-corrected chi connectivity index (χ3v) is 4.25. The van der Waals surface area contributed by atoms with Crippen LogP contribution in [0.3, 0.4) is 0 Å². The fraction of sp³-hybridized carbons (Fsp3) is 0.438. The monoisotopic (exact) mass is 271 g/mol. The Hall–Kier alpha value is -1.65. The summed E-state index contributed by atoms with van der Waals surface area (Å²) < 4.78 is 5.55. The van der Waals surface area contributed by atoms with Gasteiger partial charge in [-0.2, -0.15) is 0 Å². The van der Waals surface area contributed by atoms with Crippen LogP contribution < -0.4 is 11.3 Å². The number of hydrogen-bond acceptors (Lipinski definition) is 4. The van der Waals surface area contributed by atoms with Crippen molar-refractivity contribution >= 4 is 16.6 Å². The van der Waals surface area contributed by atoms with Crippen LogP contribution in [0.5, 0.6) is 0 Å². The molecule has 0 saturated carbocycles. The van der Waals surface area contributed by atoms with E-state index in [-0.39, 0.29) is 0 Å². The van der Waals surface area contributed by atoms with E-state index >= 15 is 0 Å². The number of nitrogen functional groups attached to an aromatic ring is 1. The van der Waals surface area contributed by atoms with E-state index in [2.05, 4.69) is 37.5 Å². The highest BCUT2D eigenvalue weighted by Gasteiger charge is 2.18. The lowest BCUT2D eigenvalue weighted by Crippen LogP contribution is -2.18. The number of hydrogen-bond donors (Lipinski definition) is 2. The predicted octanol–water partition coefficient (Wildman–Crippen LogP) is 3.11. The van der Waals surface area contributed by atoms with Crippen LogP contribution in [0.25, 0.3) is 10.9 Å². The molecule has 0 amide bonds. The minimum atomic E-state index is 0.539. The Labute approximate surface area is 119 Å². The Morgan fingerprint density at radius 2 is 2.30 bits per heavy atom. The summed E-state index contributed by atoms with van der Waals surface area (Å²) in [5.74, 6) is 6.30. The summed E-state index contributed by atoms with van der Waals surface area (Å²) in [5.41, 5.74) is 8.37. The molecule has 106 valence electrons. The van der Waals surface area contributed by atoms with Crippen molar-refractivity contribution in [1.82, 2.24) is 4.98 Å². The summed E-state index contributed by atoms with van der Waals surface area (Å²) in [5, 5.41) is 1.09. The van der Waals surface area contributed by atoms with E-state index in [1.54, 1.807) is 0 Å². The second kappa shape index (κ2) is 5.38. The van der Waals surface area contributed by atoms with Gasteiger partial charge in [-0.3, -0.25) is 10.8 Å². The molecule has 0 fully saturated rings. The van der Waals surface area contributed by atoms with Crippen LogP contribution in [0, 0.1) is 0 Å². The van der Waals surface area contributed by atoms with E-state index in [0.717, 1.165) is 47.3 Å². The highest BCUT2D eigenvalue weighted by molar-refractivity contribution is 5.93. The summed E-state index contributed by atoms with van der Waals surface area (Å²) in [6.45, 7) is 5.77. The van der Waals surface area contributed by atoms with Crippen molar-refractivity contribution < 1.29 is 4.74 Å². The molecule has 1 aliphatic heterocycles. The third kappa shape index (κ3) is 2.15. The summed E-state index contributed by atoms with van der Waals surface area (Å²) in [6, 6.07) is 6.49. The average Bonchev–Trinajstić information content (AvgIpc) is 2.51. The Morgan fingerprint density at radius 1 is 1.45 bits per heavy atom. The van der Waals surface area contributed by atoms with Gasteiger partial charge in [0, 0.05) is 17.4 Å². The van der Waals surface area contributed by atoms with Gasteiger partial charge in [-0.05, 0) is 30.0 Å². The summed E-state index contributed by atoms with van der Waals surface area (Å²) in [4.78, 5) is 4.78. The minimum Gasteiger partial charge on any atom is -0.376 e. The summed E-state index contributed by atoms with van der Waals surface area (Å²) in [7, 11) is 0. The molecular formula is C16H21N3O. The molecule has 0 bridgehead atoms. The molecule has 2 heterocycles. The third-order valence-electron chi connectivity index (χ3n) is 4.25. The summed E-state index contributed by atoms with van der Waals surface area (Å²) in [6.07, 6.45) is 1.98. The van der Waals surface area contributed by atoms with E-state index in [1.807, 2.05) is 0 Å². The molecule has 4 nitrogen and oxygen atoms in total. The second-order valence-electron chi connectivity index (χ2n) is 5.44. The lowest BCUT2D eigenvalue weighted by Gasteiger charge is -2.21. The number of nitrogens with two attached hydrogens (primary N) is 1. The van der Waals surface area contributed by atoms with Crippen LogP contribution in [0.4, 0.5) is 5.69 Å². The SMILES string of the molecule is CCC(C)c1ccc2nc3c(c(NN)c2c1)COCC3. The Balaban J connectivity index is 2.22. The number of ether oxygens (including phenoxy) is 1. The highest BCUT2D eigenvalue weighted by atomic mass is 16.5. The van der Waals surface area contributed by atoms with Gasteiger partial charge in [0.15, 0.2) is 0 Å². The van der Waals surface area contributed by atoms with Gasteiger partial charge in [-0.1, -0.05) is 19.9 Å². The number of fused-ring (bicyclic) bond motifs is 2. The van der Waals surface area contributed by atoms with Gasteiger partial charge in [0.25, 0.3) is 0 Å². The maximum absolute atomic E-state index is 5.77. The molecule has 1 atom stereocenters. The average molecular weight is 271 g/mol. The first-order valence-electron chi connectivity index (χ1n) is 7.24. The van der Waals surface area contributed by atoms with Gasteiger partial charge in [0.1, 0.15) is 0 Å². The number of aromatic nitrogens is 1. The Morgan fingerprint density at radius 3 is 3.05 bits per heavy atom. The first kappa shape index (κ1) is 13.3. The number of nitrogens with one attached hydrogen (secondary N) is 1. The van der Waals surface area contributed by atoms with Gasteiger partial charge in [-0.15, -0.1) is 0 Å². The van der Waals surface area contributed by atoms with Crippen molar-refractivity contribution in [2.24, 2.45) is 5.84 Å². The largest absolute Gasteiger partial charge is 0.376 e. The molecule has 1 aromatic heterocycles. The Kier molecular flexibility index (Phi) is 3.59. The zero-order valence-electron chi connectivity index (χ0n) is 12.1. The predicted molar refractivity (Wildman–Crippen MR) is 81.6 cm³/mol. The van der Waals surface area contributed by atoms with Crippen LogP contribution in [0.15, 0.2) is 18.2 Å². The van der Waals surface area contributed by atoms with Crippen LogP contribution in [0.1, 0.15) is 43.0 Å². The molecule has 2 aromatic rings. The molecule has 0 saturated heterocycles. The molecule has 4 heteroatoms. The molecule has 0 spiro atoms. The van der Waals surface area contributed by atoms with Crippen LogP contribution in [-0.4, -0.2) is 11.6 Å². The molecule has 0 radical (unpaired) electrons. The van der Waals surface area contributed by atoms with E-state index in [1.165, 1.54) is 5.56 Å². The standard InChI is InChI=1S/C16H21N3O/c1-3-10(2)11-4-5-14-12(8-11)16(19-17)13-9-20-7-6-15(13)18-14/h4-5,8,10H,3,6-7,9,17H2,1-2H3,(H,18,19). The lowest BCUT2D eigenvalue weighted by molar-refractivity contribution is 0.110. The van der Waals surface area contributed by atoms with Gasteiger partial charge in [0.05, 0.1) is 30.1 Å². The lowest BCUT2D eigenvalue weighted by atomic mass is 9.95. The topological polar surface area (TPSA) is 60.2 Å². The van der Waals surface area contributed by atoms with Crippen molar-refractivity contribution in [1.29, 1.82) is 0 Å². The van der Waals surface area contributed by atoms with E-state index < -0.39 is 0 Å². The molecule has 0 aliphatic carbocycles. The molecule has 3 rings (SSSR count). The normalized spacial score (nSPS) is 15.9. The van der Waals surface area contributed by atoms with E-state index in [0.29, 0.717) is 12.5 Å². The number of rotatable bonds is 3. The molecule has 1 unspecified atom stereocenters. The number of benzene rings is 1. The fourth-order valence-corrected chi connectivity index (χ4v) is 2.78. The van der Waals surface area contributed by atoms with Crippen molar-refractivity contribution in [3.05, 3.63) is 35.0 Å². The highest BCUT2D eigenvalue weighted by Crippen LogP contribution is 2.33. The Bertz CT molecular complexity index is 639. The first-order valence-corrected chi connectivity index (χ1v) is 7.24. The maximum Gasteiger partial charge on any atom is 0.0755 e. The van der Waals surface area contributed by atoms with Crippen molar-refractivity contribution in [3.63, 3.8) is 0 Å². The van der Waals surface area contributed by atoms with Crippen molar-refractivity contribution in [2.75, 3.05) is 12.0 Å². The van der Waals surface area contributed by atoms with Crippen molar-refractivity contribution in [3.8, 4) is 0 Å². The van der Waals surface area contributed by atoms with Crippen LogP contribution in [-0.2, 0) is 17.8 Å². The van der Waals surface area contributed by atoms with Gasteiger partial charge in [-0.25, -0.2) is 0 Å². The van der Waals surface area contributed by atoms with Gasteiger partial charge < -0.3 is 10.2 Å². The zero-order valence-corrected chi connectivity index (χ0v) is 12.1. The number of anilines is 1. The van der Waals surface area contributed by atoms with Crippen LogP contribution in [0.2, 0.25) is 0 Å². The molecule has 1 aromatic carbocycles. The minimum absolute atomic E-state index is 0.539. The first-order chi connectivity index (χ1) is 9.74. The molecular weight excluding hydrogens is 250 g/mol. The number of nitrogens with zero attached hydrogens (tertiary/aromatic N) is 1. The van der Waals surface area contributed by atoms with Crippen molar-refractivity contribution in [2.45, 2.75) is 39.2 Å². The van der Waals surface area contributed by atoms with E-state index in [4.69, 9.17) is 15.6 Å². The van der Waals surface area contributed by atoms with Crippen LogP contribution >= 0.6 is 0 Å². The maximum atomic E-state index is 5.77. The van der Waals surface area contributed by atoms with Gasteiger partial charge >= 0.3 is 0 Å². The zero-order chi connectivity index (χ0) is 14.1. The quantitative estimate of drug-likeness (QED) is 0.665.